The Balaban J connectivity index is 1.78. The molecule has 0 spiro atoms. The van der Waals surface area contributed by atoms with Crippen LogP contribution in [0.4, 0.5) is 5.69 Å². The van der Waals surface area contributed by atoms with Crippen LogP contribution in [0.15, 0.2) is 34.5 Å². The van der Waals surface area contributed by atoms with Crippen molar-refractivity contribution in [3.05, 3.63) is 24.3 Å². The lowest BCUT2D eigenvalue weighted by Gasteiger charge is -2.22. The van der Waals surface area contributed by atoms with Gasteiger partial charge in [-0.2, -0.15) is 0 Å². The molecule has 1 heterocycles. The first-order valence-corrected chi connectivity index (χ1v) is 9.71. The summed E-state index contributed by atoms with van der Waals surface area (Å²) in [6, 6.07) is 8.13. The quantitative estimate of drug-likeness (QED) is 0.438. The number of ether oxygens (including phenoxy) is 1. The summed E-state index contributed by atoms with van der Waals surface area (Å²) in [5.41, 5.74) is 1.36. The molecule has 26 heavy (non-hydrogen) atoms. The first kappa shape index (κ1) is 18.8. The van der Waals surface area contributed by atoms with Crippen molar-refractivity contribution in [1.29, 1.82) is 0 Å². The molecule has 140 valence electrons. The Hall–Kier alpha value is -1.99. The number of para-hydroxylation sites is 1. The van der Waals surface area contributed by atoms with Crippen molar-refractivity contribution in [1.82, 2.24) is 9.88 Å². The number of rotatable bonds is 6. The van der Waals surface area contributed by atoms with Gasteiger partial charge in [-0.3, -0.25) is 0 Å². The average Bonchev–Trinajstić information content (AvgIpc) is 2.93. The number of azo groups is 1. The van der Waals surface area contributed by atoms with Gasteiger partial charge in [0, 0.05) is 24.6 Å². The third kappa shape index (κ3) is 4.40. The summed E-state index contributed by atoms with van der Waals surface area (Å²) < 4.78 is 7.22. The van der Waals surface area contributed by atoms with Crippen LogP contribution in [0.2, 0.25) is 0 Å². The van der Waals surface area contributed by atoms with Crippen LogP contribution in [-0.4, -0.2) is 34.0 Å². The fraction of sp³-hybridized carbons (Fsp3) is 0.526. The van der Waals surface area contributed by atoms with E-state index in [0.29, 0.717) is 36.6 Å². The Morgan fingerprint density at radius 1 is 1.31 bits per heavy atom. The largest absolute Gasteiger partial charge is 0.493 e. The average molecular weight is 375 g/mol. The molecule has 0 amide bonds. The molecule has 0 bridgehead atoms. The van der Waals surface area contributed by atoms with Crippen LogP contribution in [0.25, 0.3) is 10.9 Å². The van der Waals surface area contributed by atoms with Crippen LogP contribution in [0.1, 0.15) is 39.0 Å². The maximum Gasteiger partial charge on any atom is 0.220 e. The van der Waals surface area contributed by atoms with Crippen molar-refractivity contribution in [2.45, 2.75) is 51.6 Å². The molecular weight excluding hydrogens is 348 g/mol. The Morgan fingerprint density at radius 3 is 2.85 bits per heavy atom. The molecule has 0 atom stereocenters. The van der Waals surface area contributed by atoms with Crippen LogP contribution in [0.3, 0.4) is 0 Å². The minimum Gasteiger partial charge on any atom is -0.493 e. The SMILES string of the molecule is CCOCCn1c(O)c(N=NC(=S)NC2CCCCC2)c2ccccc21. The Kier molecular flexibility index (Phi) is 6.57. The second-order valence-electron chi connectivity index (χ2n) is 6.52. The number of hydrogen-bond donors (Lipinski definition) is 2. The molecule has 1 aromatic heterocycles. The first-order chi connectivity index (χ1) is 12.7. The van der Waals surface area contributed by atoms with Crippen LogP contribution in [0.5, 0.6) is 5.88 Å². The highest BCUT2D eigenvalue weighted by molar-refractivity contribution is 7.80. The van der Waals surface area contributed by atoms with E-state index in [4.69, 9.17) is 17.0 Å². The number of thiocarbonyl (C=S) groups is 1. The number of nitrogens with zero attached hydrogens (tertiary/aromatic N) is 3. The lowest BCUT2D eigenvalue weighted by atomic mass is 9.96. The summed E-state index contributed by atoms with van der Waals surface area (Å²) in [5, 5.41) is 23.5. The van der Waals surface area contributed by atoms with Crippen molar-refractivity contribution >= 4 is 33.9 Å². The first-order valence-electron chi connectivity index (χ1n) is 9.31. The molecule has 0 saturated heterocycles. The van der Waals surface area contributed by atoms with E-state index in [9.17, 15) is 5.11 Å². The van der Waals surface area contributed by atoms with Gasteiger partial charge in [0.15, 0.2) is 5.69 Å². The van der Waals surface area contributed by atoms with Gasteiger partial charge >= 0.3 is 0 Å². The third-order valence-corrected chi connectivity index (χ3v) is 4.95. The van der Waals surface area contributed by atoms with E-state index in [2.05, 4.69) is 15.5 Å². The Labute approximate surface area is 159 Å². The van der Waals surface area contributed by atoms with Crippen molar-refractivity contribution < 1.29 is 9.84 Å². The number of nitrogens with one attached hydrogen (secondary N) is 1. The Bertz CT molecular complexity index is 781. The van der Waals surface area contributed by atoms with Gasteiger partial charge in [-0.15, -0.1) is 10.2 Å². The zero-order valence-electron chi connectivity index (χ0n) is 15.1. The summed E-state index contributed by atoms with van der Waals surface area (Å²) in [5.74, 6) is 0.0927. The normalized spacial score (nSPS) is 15.7. The standard InChI is InChI=1S/C19H26N4O2S/c1-2-25-13-12-23-16-11-7-6-10-15(16)17(18(23)24)21-22-19(26)20-14-8-4-3-5-9-14/h6-7,10-11,14,24H,2-5,8-9,12-13H2,1H3,(H,20,26). The number of aromatic hydroxyl groups is 1. The maximum absolute atomic E-state index is 10.6. The van der Waals surface area contributed by atoms with Crippen LogP contribution < -0.4 is 5.32 Å². The fourth-order valence-corrected chi connectivity index (χ4v) is 3.65. The summed E-state index contributed by atoms with van der Waals surface area (Å²) in [6.07, 6.45) is 5.99. The predicted octanol–water partition coefficient (Wildman–Crippen LogP) is 4.67. The molecule has 0 unspecified atom stereocenters. The minimum atomic E-state index is 0.0927. The van der Waals surface area contributed by atoms with Gasteiger partial charge in [0.25, 0.3) is 0 Å². The number of benzene rings is 1. The predicted molar refractivity (Wildman–Crippen MR) is 107 cm³/mol. The van der Waals surface area contributed by atoms with E-state index in [0.717, 1.165) is 23.7 Å². The van der Waals surface area contributed by atoms with E-state index in [1.165, 1.54) is 19.3 Å². The second-order valence-corrected chi connectivity index (χ2v) is 6.91. The van der Waals surface area contributed by atoms with Gasteiger partial charge in [-0.25, -0.2) is 0 Å². The van der Waals surface area contributed by atoms with Gasteiger partial charge in [0.2, 0.25) is 11.0 Å². The molecule has 1 aromatic carbocycles. The van der Waals surface area contributed by atoms with E-state index < -0.39 is 0 Å². The summed E-state index contributed by atoms with van der Waals surface area (Å²) in [6.45, 7) is 3.68. The van der Waals surface area contributed by atoms with Gasteiger partial charge in [0.05, 0.1) is 12.1 Å². The van der Waals surface area contributed by atoms with Crippen molar-refractivity contribution in [3.8, 4) is 5.88 Å². The molecule has 1 saturated carbocycles. The second kappa shape index (κ2) is 9.09. The third-order valence-electron chi connectivity index (χ3n) is 4.75. The fourth-order valence-electron chi connectivity index (χ4n) is 3.44. The van der Waals surface area contributed by atoms with Gasteiger partial charge in [0.1, 0.15) is 0 Å². The summed E-state index contributed by atoms with van der Waals surface area (Å²) >= 11 is 5.31. The monoisotopic (exact) mass is 374 g/mol. The lowest BCUT2D eigenvalue weighted by molar-refractivity contribution is 0.138. The smallest absolute Gasteiger partial charge is 0.220 e. The van der Waals surface area contributed by atoms with E-state index in [1.54, 1.807) is 4.57 Å². The molecule has 2 aromatic rings. The Morgan fingerprint density at radius 2 is 2.08 bits per heavy atom. The molecule has 2 N–H and O–H groups in total. The van der Waals surface area contributed by atoms with E-state index in [1.807, 2.05) is 31.2 Å². The van der Waals surface area contributed by atoms with Crippen LogP contribution >= 0.6 is 12.2 Å². The van der Waals surface area contributed by atoms with Crippen LogP contribution in [-0.2, 0) is 11.3 Å². The zero-order chi connectivity index (χ0) is 18.4. The van der Waals surface area contributed by atoms with Crippen molar-refractivity contribution in [2.24, 2.45) is 10.2 Å². The van der Waals surface area contributed by atoms with Crippen molar-refractivity contribution in [2.75, 3.05) is 13.2 Å². The molecule has 0 aliphatic heterocycles. The number of hydrogen-bond acceptors (Lipinski definition) is 4. The number of fused-ring (bicyclic) bond motifs is 1. The number of aromatic nitrogens is 1. The van der Waals surface area contributed by atoms with E-state index >= 15 is 0 Å². The van der Waals surface area contributed by atoms with Gasteiger partial charge < -0.3 is 19.7 Å². The van der Waals surface area contributed by atoms with Crippen molar-refractivity contribution in [3.63, 3.8) is 0 Å². The molecule has 3 rings (SSSR count). The maximum atomic E-state index is 10.6. The topological polar surface area (TPSA) is 71.1 Å². The molecule has 7 heteroatoms. The zero-order valence-corrected chi connectivity index (χ0v) is 16.0. The highest BCUT2D eigenvalue weighted by atomic mass is 32.1. The van der Waals surface area contributed by atoms with E-state index in [-0.39, 0.29) is 5.88 Å². The van der Waals surface area contributed by atoms with Gasteiger partial charge in [-0.1, -0.05) is 37.5 Å². The van der Waals surface area contributed by atoms with Gasteiger partial charge in [-0.05, 0) is 38.0 Å². The molecule has 0 radical (unpaired) electrons. The lowest BCUT2D eigenvalue weighted by Crippen LogP contribution is -2.33. The molecule has 1 aliphatic rings. The summed E-state index contributed by atoms with van der Waals surface area (Å²) in [7, 11) is 0. The summed E-state index contributed by atoms with van der Waals surface area (Å²) in [4.78, 5) is 0. The minimum absolute atomic E-state index is 0.0927. The highest BCUT2D eigenvalue weighted by Crippen LogP contribution is 2.38. The molecule has 1 aliphatic carbocycles. The highest BCUT2D eigenvalue weighted by Gasteiger charge is 2.17. The molecule has 6 nitrogen and oxygen atoms in total. The molecule has 1 fully saturated rings. The molecular formula is C19H26N4O2S. The van der Waals surface area contributed by atoms with Crippen LogP contribution in [0, 0.1) is 0 Å².